The quantitative estimate of drug-likeness (QED) is 0.703. The van der Waals surface area contributed by atoms with E-state index in [2.05, 4.69) is 4.90 Å². The topological polar surface area (TPSA) is 29.3 Å². The number of hydrogen-bond donors (Lipinski definition) is 1. The first-order valence-electron chi connectivity index (χ1n) is 5.86. The molecule has 0 aromatic rings. The summed E-state index contributed by atoms with van der Waals surface area (Å²) in [5.74, 6) is 1.01. The van der Waals surface area contributed by atoms with Gasteiger partial charge in [0.15, 0.2) is 0 Å². The van der Waals surface area contributed by atoms with Crippen LogP contribution in [0.25, 0.3) is 0 Å². The van der Waals surface area contributed by atoms with Gasteiger partial charge in [-0.05, 0) is 38.1 Å². The highest BCUT2D eigenvalue weighted by Crippen LogP contribution is 2.34. The van der Waals surface area contributed by atoms with E-state index in [1.807, 2.05) is 0 Å². The van der Waals surface area contributed by atoms with Crippen molar-refractivity contribution in [3.8, 4) is 0 Å². The summed E-state index contributed by atoms with van der Waals surface area (Å²) in [6.07, 6.45) is 8.71. The van der Waals surface area contributed by atoms with Gasteiger partial charge in [0.05, 0.1) is 0 Å². The molecule has 1 heterocycles. The zero-order valence-corrected chi connectivity index (χ0v) is 8.54. The van der Waals surface area contributed by atoms with Gasteiger partial charge in [0, 0.05) is 19.1 Å². The van der Waals surface area contributed by atoms with Gasteiger partial charge in [0.1, 0.15) is 0 Å². The molecule has 2 atom stereocenters. The van der Waals surface area contributed by atoms with Crippen LogP contribution in [0.1, 0.15) is 38.5 Å². The minimum absolute atomic E-state index is 0.837. The number of nitrogens with zero attached hydrogens (tertiary/aromatic N) is 1. The Hall–Kier alpha value is -0.0800. The summed E-state index contributed by atoms with van der Waals surface area (Å²) in [6, 6.07) is 0.894. The van der Waals surface area contributed by atoms with Crippen LogP contribution >= 0.6 is 0 Å². The van der Waals surface area contributed by atoms with Crippen LogP contribution in [0.5, 0.6) is 0 Å². The second-order valence-electron chi connectivity index (χ2n) is 4.58. The van der Waals surface area contributed by atoms with Crippen LogP contribution < -0.4 is 5.73 Å². The molecule has 0 spiro atoms. The van der Waals surface area contributed by atoms with Crippen LogP contribution in [0.3, 0.4) is 0 Å². The van der Waals surface area contributed by atoms with E-state index in [0.717, 1.165) is 25.0 Å². The van der Waals surface area contributed by atoms with E-state index in [4.69, 9.17) is 5.73 Å². The van der Waals surface area contributed by atoms with Crippen molar-refractivity contribution in [3.05, 3.63) is 0 Å². The fourth-order valence-electron chi connectivity index (χ4n) is 3.17. The van der Waals surface area contributed by atoms with Gasteiger partial charge in [-0.25, -0.2) is 0 Å². The predicted molar refractivity (Wildman–Crippen MR) is 55.6 cm³/mol. The van der Waals surface area contributed by atoms with Crippen molar-refractivity contribution in [3.63, 3.8) is 0 Å². The van der Waals surface area contributed by atoms with Gasteiger partial charge < -0.3 is 5.73 Å². The van der Waals surface area contributed by atoms with E-state index in [1.54, 1.807) is 0 Å². The van der Waals surface area contributed by atoms with E-state index < -0.39 is 0 Å². The Morgan fingerprint density at radius 2 is 1.85 bits per heavy atom. The predicted octanol–water partition coefficient (Wildman–Crippen LogP) is 1.60. The van der Waals surface area contributed by atoms with Crippen molar-refractivity contribution in [2.45, 2.75) is 44.6 Å². The van der Waals surface area contributed by atoms with Crippen molar-refractivity contribution in [2.24, 2.45) is 11.7 Å². The number of likely N-dealkylation sites (tertiary alicyclic amines) is 1. The van der Waals surface area contributed by atoms with Gasteiger partial charge in [0.2, 0.25) is 0 Å². The van der Waals surface area contributed by atoms with Crippen LogP contribution in [0.2, 0.25) is 0 Å². The molecule has 0 aromatic carbocycles. The maximum absolute atomic E-state index is 5.64. The molecule has 0 radical (unpaired) electrons. The molecule has 13 heavy (non-hydrogen) atoms. The molecule has 0 unspecified atom stereocenters. The van der Waals surface area contributed by atoms with Crippen LogP contribution in [-0.4, -0.2) is 30.6 Å². The lowest BCUT2D eigenvalue weighted by Gasteiger charge is -2.44. The molecule has 2 fully saturated rings. The fraction of sp³-hybridized carbons (Fsp3) is 1.00. The largest absolute Gasteiger partial charge is 0.329 e. The van der Waals surface area contributed by atoms with E-state index in [0.29, 0.717) is 0 Å². The summed E-state index contributed by atoms with van der Waals surface area (Å²) in [5, 5.41) is 0. The van der Waals surface area contributed by atoms with E-state index in [9.17, 15) is 0 Å². The standard InChI is InChI=1S/C11H22N2/c12-7-9-13-8-3-5-10-4-1-2-6-11(10)13/h10-11H,1-9,12H2/t10-,11-/m1/s1. The molecule has 2 aliphatic rings. The number of piperidine rings is 1. The summed E-state index contributed by atoms with van der Waals surface area (Å²) in [4.78, 5) is 2.65. The molecule has 0 bridgehead atoms. The molecule has 2 heteroatoms. The number of nitrogens with two attached hydrogens (primary N) is 1. The SMILES string of the molecule is NCCN1CCC[C@H]2CCCC[C@H]21. The molecule has 76 valence electrons. The average molecular weight is 182 g/mol. The van der Waals surface area contributed by atoms with Crippen molar-refractivity contribution in [1.29, 1.82) is 0 Å². The summed E-state index contributed by atoms with van der Waals surface area (Å²) < 4.78 is 0. The lowest BCUT2D eigenvalue weighted by molar-refractivity contribution is 0.0637. The second kappa shape index (κ2) is 4.43. The number of rotatable bonds is 2. The Morgan fingerprint density at radius 3 is 2.69 bits per heavy atom. The van der Waals surface area contributed by atoms with Crippen LogP contribution in [0.15, 0.2) is 0 Å². The van der Waals surface area contributed by atoms with Gasteiger partial charge >= 0.3 is 0 Å². The second-order valence-corrected chi connectivity index (χ2v) is 4.58. The average Bonchev–Trinajstić information content (AvgIpc) is 2.19. The molecule has 0 amide bonds. The van der Waals surface area contributed by atoms with Crippen LogP contribution in [0, 0.1) is 5.92 Å². The van der Waals surface area contributed by atoms with Crippen LogP contribution in [-0.2, 0) is 0 Å². The van der Waals surface area contributed by atoms with Crippen molar-refractivity contribution < 1.29 is 0 Å². The maximum atomic E-state index is 5.64. The Bertz CT molecular complexity index is 154. The maximum Gasteiger partial charge on any atom is 0.0124 e. The minimum Gasteiger partial charge on any atom is -0.329 e. The summed E-state index contributed by atoms with van der Waals surface area (Å²) in [5.41, 5.74) is 5.64. The molecule has 0 aromatic heterocycles. The van der Waals surface area contributed by atoms with Gasteiger partial charge in [-0.2, -0.15) is 0 Å². The summed E-state index contributed by atoms with van der Waals surface area (Å²) >= 11 is 0. The van der Waals surface area contributed by atoms with Crippen molar-refractivity contribution in [1.82, 2.24) is 4.90 Å². The Morgan fingerprint density at radius 1 is 1.08 bits per heavy atom. The number of hydrogen-bond acceptors (Lipinski definition) is 2. The zero-order chi connectivity index (χ0) is 9.10. The molecule has 1 saturated carbocycles. The molecular weight excluding hydrogens is 160 g/mol. The lowest BCUT2D eigenvalue weighted by Crippen LogP contribution is -2.48. The molecule has 2 nitrogen and oxygen atoms in total. The third kappa shape index (κ3) is 2.05. The summed E-state index contributed by atoms with van der Waals surface area (Å²) in [6.45, 7) is 3.27. The Kier molecular flexibility index (Phi) is 3.23. The van der Waals surface area contributed by atoms with Gasteiger partial charge in [-0.1, -0.05) is 12.8 Å². The summed E-state index contributed by atoms with van der Waals surface area (Å²) in [7, 11) is 0. The highest BCUT2D eigenvalue weighted by Gasteiger charge is 2.32. The Labute approximate surface area is 81.5 Å². The first kappa shape index (κ1) is 9.47. The normalized spacial score (nSPS) is 35.8. The van der Waals surface area contributed by atoms with Crippen molar-refractivity contribution in [2.75, 3.05) is 19.6 Å². The van der Waals surface area contributed by atoms with E-state index >= 15 is 0 Å². The highest BCUT2D eigenvalue weighted by molar-refractivity contribution is 4.87. The molecular formula is C11H22N2. The minimum atomic E-state index is 0.837. The Balaban J connectivity index is 1.94. The van der Waals surface area contributed by atoms with Gasteiger partial charge in [-0.15, -0.1) is 0 Å². The monoisotopic (exact) mass is 182 g/mol. The number of fused-ring (bicyclic) bond motifs is 1. The first-order chi connectivity index (χ1) is 6.42. The highest BCUT2D eigenvalue weighted by atomic mass is 15.2. The van der Waals surface area contributed by atoms with Gasteiger partial charge in [0.25, 0.3) is 0 Å². The van der Waals surface area contributed by atoms with E-state index in [-0.39, 0.29) is 0 Å². The van der Waals surface area contributed by atoms with Crippen LogP contribution in [0.4, 0.5) is 0 Å². The molecule has 1 aliphatic carbocycles. The molecule has 1 aliphatic heterocycles. The van der Waals surface area contributed by atoms with Crippen molar-refractivity contribution >= 4 is 0 Å². The zero-order valence-electron chi connectivity index (χ0n) is 8.54. The van der Waals surface area contributed by atoms with E-state index in [1.165, 1.54) is 45.1 Å². The van der Waals surface area contributed by atoms with Gasteiger partial charge in [-0.3, -0.25) is 4.90 Å². The molecule has 2 rings (SSSR count). The third-order valence-electron chi connectivity index (χ3n) is 3.77. The first-order valence-corrected chi connectivity index (χ1v) is 5.86. The third-order valence-corrected chi connectivity index (χ3v) is 3.77. The lowest BCUT2D eigenvalue weighted by atomic mass is 9.78. The fourth-order valence-corrected chi connectivity index (χ4v) is 3.17. The smallest absolute Gasteiger partial charge is 0.0124 e. The molecule has 1 saturated heterocycles. The molecule has 2 N–H and O–H groups in total.